The van der Waals surface area contributed by atoms with Gasteiger partial charge in [0.05, 0.1) is 57.3 Å². The zero-order valence-corrected chi connectivity index (χ0v) is 48.8. The third-order valence-electron chi connectivity index (χ3n) is 11.9. The lowest BCUT2D eigenvalue weighted by Crippen LogP contribution is -2.02. The number of rotatable bonds is 23. The second-order valence-corrected chi connectivity index (χ2v) is 25.1. The molecule has 0 aliphatic rings. The van der Waals surface area contributed by atoms with Crippen molar-refractivity contribution < 1.29 is 111 Å². The van der Waals surface area contributed by atoms with Crippen molar-refractivity contribution in [2.45, 2.75) is 41.2 Å². The lowest BCUT2D eigenvalue weighted by atomic mass is 10.0. The maximum Gasteiger partial charge on any atom is 0.296 e. The van der Waals surface area contributed by atoms with E-state index in [1.54, 1.807) is 25.1 Å². The number of phenolic OH excluding ortho intramolecular Hbond substituents is 2. The van der Waals surface area contributed by atoms with Gasteiger partial charge in [0.2, 0.25) is 5.69 Å². The predicted molar refractivity (Wildman–Crippen MR) is 309 cm³/mol. The van der Waals surface area contributed by atoms with E-state index in [2.05, 4.69) is 53.7 Å². The molecule has 0 saturated heterocycles. The fraction of sp³-hybridized carbons (Fsp3) is 0.0204. The molecule has 0 aliphatic carbocycles. The summed E-state index contributed by atoms with van der Waals surface area (Å²) in [7, 11) is -20.5. The van der Waals surface area contributed by atoms with Crippen molar-refractivity contribution in [3.05, 3.63) is 148 Å². The Hall–Kier alpha value is -7.91. The minimum absolute atomic E-state index is 0.0251. The number of nitrogens with two attached hydrogens (primary N) is 1. The fourth-order valence-electron chi connectivity index (χ4n) is 8.08. The summed E-state index contributed by atoms with van der Waals surface area (Å²) >= 11 is 1.31. The molecule has 0 unspecified atom stereocenters. The maximum atomic E-state index is 13.5. The quantitative estimate of drug-likeness (QED) is 0.00415. The molecule has 87 heavy (non-hydrogen) atoms. The summed E-state index contributed by atoms with van der Waals surface area (Å²) in [5, 5.41) is 93.3. The molecule has 0 heterocycles. The normalized spacial score (nSPS) is 13.0. The van der Waals surface area contributed by atoms with E-state index in [0.717, 1.165) is 60.2 Å². The Morgan fingerprint density at radius 2 is 0.966 bits per heavy atom. The van der Waals surface area contributed by atoms with E-state index in [-0.39, 0.29) is 86.8 Å². The third kappa shape index (κ3) is 15.4. The summed E-state index contributed by atoms with van der Waals surface area (Å²) in [4.78, 5) is -3.20. The number of aromatic hydroxyl groups is 2. The fourth-order valence-corrected chi connectivity index (χ4v) is 12.3. The molecule has 0 fully saturated rings. The number of aryl methyl sites for hydroxylation is 1. The lowest BCUT2D eigenvalue weighted by molar-refractivity contribution is -0.435. The molecule has 8 aromatic rings. The van der Waals surface area contributed by atoms with Crippen LogP contribution in [0.4, 0.5) is 39.8 Å². The number of nitrogen functional groups attached to an aromatic ring is 1. The molecule has 0 spiro atoms. The van der Waals surface area contributed by atoms with Crippen LogP contribution in [-0.4, -0.2) is 82.7 Å². The average Bonchev–Trinajstić information content (AvgIpc) is 1.000. The lowest BCUT2D eigenvalue weighted by Gasteiger charge is -2.12. The summed E-state index contributed by atoms with van der Waals surface area (Å²) in [5.41, 5.74) is 5.26. The highest BCUT2D eigenvalue weighted by atomic mass is 32.2. The molecule has 8 aromatic carbocycles. The highest BCUT2D eigenvalue weighted by Gasteiger charge is 2.27. The molecule has 0 radical (unpaired) electrons. The number of nitrogens with zero attached hydrogens (tertiary/aromatic N) is 6. The number of fused-ring (bicyclic) bond motifs is 2. The van der Waals surface area contributed by atoms with Crippen LogP contribution in [0.5, 0.6) is 11.5 Å². The monoisotopic (exact) mass is 1330 g/mol. The average molecular weight is 1330 g/mol. The van der Waals surface area contributed by atoms with Gasteiger partial charge in [-0.1, -0.05) is 80.7 Å². The Morgan fingerprint density at radius 3 is 1.53 bits per heavy atom. The van der Waals surface area contributed by atoms with Crippen LogP contribution < -0.4 is 5.73 Å². The topological polar surface area (TPSA) is 488 Å². The van der Waals surface area contributed by atoms with E-state index in [1.807, 2.05) is 0 Å². The number of anilines is 1. The van der Waals surface area contributed by atoms with Crippen LogP contribution in [0.3, 0.4) is 0 Å². The van der Waals surface area contributed by atoms with Crippen molar-refractivity contribution in [1.82, 2.24) is 0 Å². The van der Waals surface area contributed by atoms with Crippen LogP contribution in [0.25, 0.3) is 45.8 Å². The number of phenols is 2. The standard InChI is InChI=1S/C49H37N7O24S7/c1-25-5-18-37(50)45-35(25)23-40(83-80-77-62)46(49(45)58)53-51-30-14-10-26(38(19-30)81-78-75-60)6-8-29-12-16-32(21-43(29)86(69,70)71)55-56(59)33-17-13-27(39(22-33)82-79-76-61)7-9-28-11-15-31(20-42(28)85(66,67)68)52-54-47-44(87(72,73)74)24-36-34(48(47)57)3-2-4-41(36)84(63,64)65/h2-24,57-58,60-62H,50H2,1H3,(H,63,64,65)(H,66,67,68)(H,69,70,71)(H,72,73,74)/b8-6+,9-7+,53-51?,54-52?,56-55?. The predicted octanol–water partition coefficient (Wildman–Crippen LogP) is 12.7. The van der Waals surface area contributed by atoms with Crippen molar-refractivity contribution in [2.24, 2.45) is 25.6 Å². The van der Waals surface area contributed by atoms with Gasteiger partial charge in [0.25, 0.3) is 40.5 Å². The highest BCUT2D eigenvalue weighted by Crippen LogP contribution is 2.48. The van der Waals surface area contributed by atoms with Crippen LogP contribution in [0.1, 0.15) is 27.8 Å². The van der Waals surface area contributed by atoms with E-state index in [9.17, 15) is 67.3 Å². The van der Waals surface area contributed by atoms with Gasteiger partial charge in [-0.2, -0.15) is 43.9 Å². The smallest absolute Gasteiger partial charge is 0.296 e. The Kier molecular flexibility index (Phi) is 20.2. The second-order valence-electron chi connectivity index (χ2n) is 17.3. The summed E-state index contributed by atoms with van der Waals surface area (Å²) in [6, 6.07) is 22.8. The molecule has 38 heteroatoms. The Morgan fingerprint density at radius 1 is 0.483 bits per heavy atom. The molecule has 454 valence electrons. The van der Waals surface area contributed by atoms with Crippen LogP contribution in [0.2, 0.25) is 0 Å². The molecular weight excluding hydrogens is 1300 g/mol. The number of hydrogen-bond donors (Lipinski definition) is 10. The Labute approximate surface area is 502 Å². The largest absolute Gasteiger partial charge is 0.594 e. The van der Waals surface area contributed by atoms with Crippen molar-refractivity contribution in [3.63, 3.8) is 0 Å². The van der Waals surface area contributed by atoms with E-state index in [4.69, 9.17) is 21.5 Å². The molecule has 8 rings (SSSR count). The Balaban J connectivity index is 1.06. The number of benzene rings is 8. The zero-order chi connectivity index (χ0) is 63.2. The van der Waals surface area contributed by atoms with Crippen molar-refractivity contribution in [3.8, 4) is 11.5 Å². The minimum Gasteiger partial charge on any atom is -0.594 e. The Bertz CT molecular complexity index is 4690. The van der Waals surface area contributed by atoms with E-state index in [0.29, 0.717) is 47.6 Å². The maximum absolute atomic E-state index is 13.5. The first kappa shape index (κ1) is 65.1. The molecule has 0 aromatic heterocycles. The van der Waals surface area contributed by atoms with Crippen molar-refractivity contribution in [2.75, 3.05) is 5.73 Å². The van der Waals surface area contributed by atoms with Gasteiger partial charge >= 0.3 is 0 Å². The molecular formula is C49H37N7O24S7. The van der Waals surface area contributed by atoms with Gasteiger partial charge in [0, 0.05) is 44.0 Å². The van der Waals surface area contributed by atoms with Crippen molar-refractivity contribution >= 4 is 162 Å². The summed E-state index contributed by atoms with van der Waals surface area (Å²) in [6.07, 6.45) is 5.02. The first-order chi connectivity index (χ1) is 41.1. The van der Waals surface area contributed by atoms with Gasteiger partial charge in [-0.25, -0.2) is 15.8 Å². The van der Waals surface area contributed by atoms with Crippen LogP contribution in [0, 0.1) is 12.1 Å². The molecule has 31 nitrogen and oxygen atoms in total. The van der Waals surface area contributed by atoms with Gasteiger partial charge in [0.15, 0.2) is 11.5 Å². The molecule has 0 atom stereocenters. The van der Waals surface area contributed by atoms with Crippen LogP contribution in [-0.2, 0) is 68.6 Å². The molecule has 0 aliphatic heterocycles. The minimum atomic E-state index is -5.30. The first-order valence-corrected chi connectivity index (χ1v) is 31.2. The van der Waals surface area contributed by atoms with E-state index in [1.165, 1.54) is 60.7 Å². The summed E-state index contributed by atoms with van der Waals surface area (Å²) < 4.78 is 153. The first-order valence-electron chi connectivity index (χ1n) is 23.2. The van der Waals surface area contributed by atoms with Crippen molar-refractivity contribution in [1.29, 1.82) is 0 Å². The zero-order valence-electron chi connectivity index (χ0n) is 43.0. The van der Waals surface area contributed by atoms with Gasteiger partial charge in [-0.05, 0) is 107 Å². The van der Waals surface area contributed by atoms with E-state index < -0.39 is 82.6 Å². The van der Waals surface area contributed by atoms with Crippen LogP contribution >= 0.6 is 36.1 Å². The molecule has 0 bridgehead atoms. The number of hydrogen-bond acceptors (Lipinski definition) is 29. The molecule has 11 N–H and O–H groups in total. The highest BCUT2D eigenvalue weighted by molar-refractivity contribution is 7.95. The number of azo groups is 3. The van der Waals surface area contributed by atoms with Gasteiger partial charge in [-0.3, -0.25) is 18.2 Å². The van der Waals surface area contributed by atoms with Gasteiger partial charge in [0.1, 0.15) is 36.6 Å². The van der Waals surface area contributed by atoms with Crippen LogP contribution in [0.15, 0.2) is 175 Å². The summed E-state index contributed by atoms with van der Waals surface area (Å²) in [5.74, 6) is -1.40. The third-order valence-corrected chi connectivity index (χ3v) is 17.5. The summed E-state index contributed by atoms with van der Waals surface area (Å²) in [6.45, 7) is 1.77. The molecule has 0 amide bonds. The van der Waals surface area contributed by atoms with E-state index >= 15 is 0 Å². The second kappa shape index (κ2) is 27.0. The van der Waals surface area contributed by atoms with Gasteiger partial charge < -0.3 is 21.2 Å². The van der Waals surface area contributed by atoms with Gasteiger partial charge in [-0.15, -0.1) is 23.2 Å². The SMILES string of the molecule is Cc1ccc(N)c2c(O)c(N=Nc3ccc(/C=C/c4ccc(N=[N+]([O-])c5ccc(/C=C/c6ccc(N=Nc7c(S(=O)(=O)O)cc8c(S(=O)(=O)O)cccc8c7O)cc6S(=O)(=O)O)c(SOOO)c5)cc4S(=O)(=O)O)c(SOOO)c3)c(SOOO)cc12. The molecule has 0 saturated carbocycles.